The first-order valence-corrected chi connectivity index (χ1v) is 13.3. The zero-order chi connectivity index (χ0) is 29.0. The molecule has 4 aromatic heterocycles. The first-order chi connectivity index (χ1) is 19.0. The van der Waals surface area contributed by atoms with Crippen LogP contribution < -0.4 is 16.1 Å². The molecular formula is C26H25F3N6O4S. The topological polar surface area (TPSA) is 139 Å². The molecule has 0 unspecified atom stereocenters. The van der Waals surface area contributed by atoms with Crippen molar-refractivity contribution in [1.29, 1.82) is 0 Å². The molecule has 0 aliphatic heterocycles. The maximum absolute atomic E-state index is 13.3. The van der Waals surface area contributed by atoms with Crippen LogP contribution in [0.15, 0.2) is 40.9 Å². The van der Waals surface area contributed by atoms with E-state index >= 15 is 0 Å². The van der Waals surface area contributed by atoms with Gasteiger partial charge < -0.3 is 15.0 Å². The summed E-state index contributed by atoms with van der Waals surface area (Å²) in [6.45, 7) is 4.56. The molecule has 0 spiro atoms. The number of carboxylic acid groups (broad SMARTS) is 1. The lowest BCUT2D eigenvalue weighted by molar-refractivity contribution is -0.140. The average molecular weight is 575 g/mol. The number of anilines is 1. The minimum Gasteiger partial charge on any atom is -0.477 e. The molecule has 0 radical (unpaired) electrons. The molecule has 0 saturated heterocycles. The molecule has 2 amide bonds. The molecule has 0 saturated carbocycles. The summed E-state index contributed by atoms with van der Waals surface area (Å²) in [6, 6.07) is 2.21. The summed E-state index contributed by atoms with van der Waals surface area (Å²) in [4.78, 5) is 49.3. The van der Waals surface area contributed by atoms with Gasteiger partial charge in [0.25, 0.3) is 0 Å². The molecule has 4 heterocycles. The number of alkyl halides is 3. The largest absolute Gasteiger partial charge is 0.477 e. The normalized spacial score (nSPS) is 11.5. The van der Waals surface area contributed by atoms with E-state index in [4.69, 9.17) is 0 Å². The van der Waals surface area contributed by atoms with Gasteiger partial charge in [-0.3, -0.25) is 15.1 Å². The van der Waals surface area contributed by atoms with Crippen molar-refractivity contribution in [2.45, 2.75) is 45.8 Å². The number of hydrogen-bond donors (Lipinski definition) is 3. The highest BCUT2D eigenvalue weighted by atomic mass is 32.1. The molecule has 4 aromatic rings. The van der Waals surface area contributed by atoms with Crippen molar-refractivity contribution in [1.82, 2.24) is 24.8 Å². The van der Waals surface area contributed by atoms with Crippen molar-refractivity contribution in [2.24, 2.45) is 0 Å². The highest BCUT2D eigenvalue weighted by Gasteiger charge is 2.34. The van der Waals surface area contributed by atoms with Crippen molar-refractivity contribution in [2.75, 3.05) is 11.9 Å². The summed E-state index contributed by atoms with van der Waals surface area (Å²) in [6.07, 6.45) is 1.97. The number of unbranched alkanes of at least 4 members (excludes halogenated alkanes) is 2. The number of halogens is 3. The first-order valence-electron chi connectivity index (χ1n) is 12.4. The van der Waals surface area contributed by atoms with Gasteiger partial charge in [-0.15, -0.1) is 11.3 Å². The molecule has 0 aliphatic carbocycles. The molecule has 10 nitrogen and oxygen atoms in total. The smallest absolute Gasteiger partial charge is 0.434 e. The quantitative estimate of drug-likeness (QED) is 0.220. The predicted molar refractivity (Wildman–Crippen MR) is 145 cm³/mol. The third-order valence-corrected chi connectivity index (χ3v) is 6.86. The van der Waals surface area contributed by atoms with Gasteiger partial charge in [0.2, 0.25) is 5.43 Å². The van der Waals surface area contributed by atoms with Crippen molar-refractivity contribution in [3.8, 4) is 21.8 Å². The molecule has 0 aliphatic rings. The van der Waals surface area contributed by atoms with Gasteiger partial charge in [-0.1, -0.05) is 19.8 Å². The fourth-order valence-electron chi connectivity index (χ4n) is 4.06. The minimum absolute atomic E-state index is 0.0122. The Hall–Kier alpha value is -4.33. The standard InChI is InChI=1S/C26H25F3N6O4S/c1-3-5-6-7-35-12-17(24(37)38)22(36)15-8-18(31-11-19(15)35)16-10-32-21(34-25(39)30-4-2)9-14(16)23-33-20(13-40-23)26(27,28)29/h8-13H,3-7H2,1-2H3,(H,37,38)(H2,30,32,34,39). The lowest BCUT2D eigenvalue weighted by Gasteiger charge is -2.14. The number of carbonyl (C=O) groups excluding carboxylic acids is 1. The third-order valence-electron chi connectivity index (χ3n) is 5.98. The second-order valence-electron chi connectivity index (χ2n) is 8.80. The lowest BCUT2D eigenvalue weighted by Crippen LogP contribution is -2.28. The molecule has 0 fully saturated rings. The van der Waals surface area contributed by atoms with E-state index in [1.165, 1.54) is 30.7 Å². The van der Waals surface area contributed by atoms with Crippen LogP contribution in [0.4, 0.5) is 23.8 Å². The molecule has 4 rings (SSSR count). The van der Waals surface area contributed by atoms with Gasteiger partial charge in [0.05, 0.1) is 22.8 Å². The van der Waals surface area contributed by atoms with Crippen LogP contribution in [0.25, 0.3) is 32.7 Å². The van der Waals surface area contributed by atoms with Gasteiger partial charge in [-0.2, -0.15) is 13.2 Å². The number of nitrogens with one attached hydrogen (secondary N) is 2. The molecule has 0 bridgehead atoms. The molecule has 0 aromatic carbocycles. The number of aryl methyl sites for hydroxylation is 1. The summed E-state index contributed by atoms with van der Waals surface area (Å²) >= 11 is 0.744. The van der Waals surface area contributed by atoms with Crippen molar-refractivity contribution >= 4 is 40.1 Å². The number of thiazole rings is 1. The van der Waals surface area contributed by atoms with Crippen LogP contribution in [-0.2, 0) is 12.7 Å². The Bertz CT molecular complexity index is 1630. The SMILES string of the molecule is CCCCCn1cc(C(=O)O)c(=O)c2cc(-c3cnc(NC(=O)NCC)cc3-c3nc(C(F)(F)F)cs3)ncc21. The van der Waals surface area contributed by atoms with Crippen molar-refractivity contribution in [3.63, 3.8) is 0 Å². The number of urea groups is 1. The first kappa shape index (κ1) is 28.7. The number of amides is 2. The van der Waals surface area contributed by atoms with Gasteiger partial charge in [0.15, 0.2) is 5.69 Å². The Morgan fingerprint density at radius 1 is 1.10 bits per heavy atom. The van der Waals surface area contributed by atoms with Gasteiger partial charge >= 0.3 is 18.2 Å². The minimum atomic E-state index is -4.67. The van der Waals surface area contributed by atoms with Crippen LogP contribution in [0, 0.1) is 0 Å². The Morgan fingerprint density at radius 3 is 2.52 bits per heavy atom. The molecule has 14 heteroatoms. The van der Waals surface area contributed by atoms with Gasteiger partial charge in [0.1, 0.15) is 16.4 Å². The summed E-state index contributed by atoms with van der Waals surface area (Å²) in [7, 11) is 0. The lowest BCUT2D eigenvalue weighted by atomic mass is 10.0. The van der Waals surface area contributed by atoms with Crippen LogP contribution in [0.1, 0.15) is 49.2 Å². The highest BCUT2D eigenvalue weighted by Crippen LogP contribution is 2.38. The Balaban J connectivity index is 1.90. The maximum Gasteiger partial charge on any atom is 0.434 e. The van der Waals surface area contributed by atoms with Crippen LogP contribution in [-0.4, -0.2) is 43.2 Å². The number of carbonyl (C=O) groups is 2. The van der Waals surface area contributed by atoms with E-state index in [-0.39, 0.29) is 33.0 Å². The van der Waals surface area contributed by atoms with E-state index in [9.17, 15) is 32.7 Å². The van der Waals surface area contributed by atoms with Crippen LogP contribution in [0.3, 0.4) is 0 Å². The molecule has 210 valence electrons. The highest BCUT2D eigenvalue weighted by molar-refractivity contribution is 7.13. The van der Waals surface area contributed by atoms with Crippen molar-refractivity contribution in [3.05, 3.63) is 57.6 Å². The van der Waals surface area contributed by atoms with E-state index in [0.717, 1.165) is 36.0 Å². The van der Waals surface area contributed by atoms with E-state index in [2.05, 4.69) is 25.6 Å². The Kier molecular flexibility index (Phi) is 8.47. The number of nitrogens with zero attached hydrogens (tertiary/aromatic N) is 4. The van der Waals surface area contributed by atoms with Crippen molar-refractivity contribution < 1.29 is 27.9 Å². The van der Waals surface area contributed by atoms with Crippen LogP contribution in [0.5, 0.6) is 0 Å². The molecular weight excluding hydrogens is 549 g/mol. The van der Waals surface area contributed by atoms with Gasteiger partial charge in [-0.25, -0.2) is 19.6 Å². The van der Waals surface area contributed by atoms with E-state index < -0.39 is 34.9 Å². The number of fused-ring (bicyclic) bond motifs is 1. The summed E-state index contributed by atoms with van der Waals surface area (Å²) in [5, 5.41) is 15.6. The molecule has 3 N–H and O–H groups in total. The van der Waals surface area contributed by atoms with Crippen LogP contribution >= 0.6 is 11.3 Å². The number of aromatic carboxylic acids is 1. The molecule has 0 atom stereocenters. The number of hydrogen-bond acceptors (Lipinski definition) is 7. The number of pyridine rings is 3. The number of rotatable bonds is 9. The number of carboxylic acids is 1. The zero-order valence-corrected chi connectivity index (χ0v) is 22.3. The summed E-state index contributed by atoms with van der Waals surface area (Å²) in [5.74, 6) is -1.32. The second kappa shape index (κ2) is 11.8. The predicted octanol–water partition coefficient (Wildman–Crippen LogP) is 5.63. The van der Waals surface area contributed by atoms with E-state index in [0.29, 0.717) is 18.6 Å². The Labute approximate surface area is 229 Å². The summed E-state index contributed by atoms with van der Waals surface area (Å²) in [5.41, 5.74) is -1.18. The fourth-order valence-corrected chi connectivity index (χ4v) is 4.91. The van der Waals surface area contributed by atoms with Crippen LogP contribution in [0.2, 0.25) is 0 Å². The maximum atomic E-state index is 13.3. The fraction of sp³-hybridized carbons (Fsp3) is 0.308. The van der Waals surface area contributed by atoms with E-state index in [1.54, 1.807) is 11.5 Å². The van der Waals surface area contributed by atoms with Gasteiger partial charge in [0, 0.05) is 42.0 Å². The average Bonchev–Trinajstić information content (AvgIpc) is 3.41. The number of aromatic nitrogens is 4. The van der Waals surface area contributed by atoms with E-state index in [1.807, 2.05) is 6.92 Å². The Morgan fingerprint density at radius 2 is 1.88 bits per heavy atom. The monoisotopic (exact) mass is 574 g/mol. The van der Waals surface area contributed by atoms with Gasteiger partial charge in [-0.05, 0) is 25.5 Å². The summed E-state index contributed by atoms with van der Waals surface area (Å²) < 4.78 is 41.6. The second-order valence-corrected chi connectivity index (χ2v) is 9.66. The zero-order valence-electron chi connectivity index (χ0n) is 21.5. The molecule has 40 heavy (non-hydrogen) atoms. The third kappa shape index (κ3) is 6.11.